The van der Waals surface area contributed by atoms with E-state index in [0.29, 0.717) is 17.4 Å². The predicted molar refractivity (Wildman–Crippen MR) is 391 cm³/mol. The van der Waals surface area contributed by atoms with Crippen molar-refractivity contribution in [3.8, 4) is 0 Å². The fourth-order valence-corrected chi connectivity index (χ4v) is 13.0. The second-order valence-electron chi connectivity index (χ2n) is 28.8. The first kappa shape index (κ1) is 88.5. The third-order valence-electron chi connectivity index (χ3n) is 18.5. The second kappa shape index (κ2) is 71.8. The zero-order chi connectivity index (χ0) is 65.5. The molecule has 2 atom stereocenters. The fourth-order valence-electron chi connectivity index (χ4n) is 12.3. The van der Waals surface area contributed by atoms with Crippen LogP contribution in [0, 0.1) is 0 Å². The summed E-state index contributed by atoms with van der Waals surface area (Å²) >= 11 is 0. The van der Waals surface area contributed by atoms with Crippen LogP contribution >= 0.6 is 7.82 Å². The summed E-state index contributed by atoms with van der Waals surface area (Å²) in [7, 11) is 1.50. The molecule has 0 radical (unpaired) electrons. The van der Waals surface area contributed by atoms with Crippen LogP contribution in [0.2, 0.25) is 0 Å². The number of unbranched alkanes of at least 4 members (excludes halogenated alkanes) is 58. The molecule has 0 aromatic heterocycles. The highest BCUT2D eigenvalue weighted by Crippen LogP contribution is 2.43. The first-order valence-electron chi connectivity index (χ1n) is 40.1. The minimum absolute atomic E-state index is 0.0360. The molecule has 90 heavy (non-hydrogen) atoms. The monoisotopic (exact) mass is 1290 g/mol. The summed E-state index contributed by atoms with van der Waals surface area (Å²) in [6.45, 7) is 4.52. The van der Waals surface area contributed by atoms with Gasteiger partial charge in [0.05, 0.1) is 27.7 Å². The first-order chi connectivity index (χ1) is 44.0. The van der Waals surface area contributed by atoms with Crippen molar-refractivity contribution in [2.24, 2.45) is 0 Å². The van der Waals surface area contributed by atoms with Gasteiger partial charge in [0.25, 0.3) is 0 Å². The molecule has 0 saturated heterocycles. The summed E-state index contributed by atoms with van der Waals surface area (Å²) < 4.78 is 34.8. The lowest BCUT2D eigenvalue weighted by molar-refractivity contribution is -0.870. The van der Waals surface area contributed by atoms with Gasteiger partial charge in [0.1, 0.15) is 19.8 Å². The third kappa shape index (κ3) is 75.5. The highest BCUT2D eigenvalue weighted by molar-refractivity contribution is 7.47. The van der Waals surface area contributed by atoms with E-state index in [-0.39, 0.29) is 25.6 Å². The Balaban J connectivity index is 3.90. The zero-order valence-electron chi connectivity index (χ0n) is 61.2. The number of allylic oxidation sites excluding steroid dienone is 4. The van der Waals surface area contributed by atoms with E-state index in [4.69, 9.17) is 18.5 Å². The van der Waals surface area contributed by atoms with Crippen molar-refractivity contribution in [1.29, 1.82) is 0 Å². The Hall–Kier alpha value is -1.51. The van der Waals surface area contributed by atoms with E-state index in [1.54, 1.807) is 0 Å². The van der Waals surface area contributed by atoms with Crippen LogP contribution in [0.25, 0.3) is 0 Å². The molecule has 2 unspecified atom stereocenters. The number of esters is 2. The molecule has 0 saturated carbocycles. The van der Waals surface area contributed by atoms with Gasteiger partial charge in [-0.2, -0.15) is 0 Å². The van der Waals surface area contributed by atoms with Crippen molar-refractivity contribution in [3.63, 3.8) is 0 Å². The average molecular weight is 1290 g/mol. The Morgan fingerprint density at radius 3 is 0.822 bits per heavy atom. The Bertz CT molecular complexity index is 1560. The molecule has 0 spiro atoms. The highest BCUT2D eigenvalue weighted by atomic mass is 31.2. The summed E-state index contributed by atoms with van der Waals surface area (Å²) in [6.07, 6.45) is 91.9. The van der Waals surface area contributed by atoms with Gasteiger partial charge in [-0.1, -0.05) is 372 Å². The van der Waals surface area contributed by atoms with Crippen LogP contribution in [0.1, 0.15) is 425 Å². The number of carbonyl (C=O) groups is 2. The topological polar surface area (TPSA) is 108 Å². The summed E-state index contributed by atoms with van der Waals surface area (Å²) in [4.78, 5) is 36.0. The summed E-state index contributed by atoms with van der Waals surface area (Å²) in [5.41, 5.74) is 0. The van der Waals surface area contributed by atoms with Crippen LogP contribution in [0.5, 0.6) is 0 Å². The number of likely N-dealkylation sites (N-methyl/N-ethyl adjacent to an activating group) is 1. The number of phosphoric ester groups is 1. The third-order valence-corrected chi connectivity index (χ3v) is 19.4. The molecular weight excluding hydrogens is 1130 g/mol. The minimum atomic E-state index is -4.39. The number of hydrogen-bond donors (Lipinski definition) is 1. The van der Waals surface area contributed by atoms with Crippen LogP contribution in [-0.4, -0.2) is 74.9 Å². The van der Waals surface area contributed by atoms with Crippen molar-refractivity contribution in [2.45, 2.75) is 431 Å². The SMILES string of the molecule is CCCCCCCCCC/C=C\CCCCCCCCCCCCCCCCCCCCCCCCCC(=O)OC(COC(=O)CCCCCCCCCCCCCCCCCCCCC/C=C\CCCCCCCCCC)COP(=O)(O)OCC[N+](C)(C)C. The molecule has 0 amide bonds. The predicted octanol–water partition coefficient (Wildman–Crippen LogP) is 26.4. The maximum absolute atomic E-state index is 12.9. The molecule has 0 bridgehead atoms. The fraction of sp³-hybridized carbons (Fsp3) is 0.925. The average Bonchev–Trinajstić information content (AvgIpc) is 3.61. The molecule has 0 aliphatic rings. The van der Waals surface area contributed by atoms with Gasteiger partial charge >= 0.3 is 19.8 Å². The molecule has 534 valence electrons. The van der Waals surface area contributed by atoms with E-state index in [9.17, 15) is 19.0 Å². The zero-order valence-corrected chi connectivity index (χ0v) is 62.1. The van der Waals surface area contributed by atoms with Gasteiger partial charge in [0, 0.05) is 12.8 Å². The van der Waals surface area contributed by atoms with Gasteiger partial charge in [-0.05, 0) is 64.2 Å². The Morgan fingerprint density at radius 2 is 0.567 bits per heavy atom. The maximum Gasteiger partial charge on any atom is 0.472 e. The molecular formula is C80H157NO8P+. The van der Waals surface area contributed by atoms with E-state index >= 15 is 0 Å². The van der Waals surface area contributed by atoms with Gasteiger partial charge in [-0.25, -0.2) is 4.57 Å². The van der Waals surface area contributed by atoms with Crippen LogP contribution in [0.3, 0.4) is 0 Å². The van der Waals surface area contributed by atoms with Crippen LogP contribution in [0.15, 0.2) is 24.3 Å². The molecule has 1 N–H and O–H groups in total. The molecule has 0 rings (SSSR count). The van der Waals surface area contributed by atoms with Gasteiger partial charge in [0.15, 0.2) is 6.10 Å². The Morgan fingerprint density at radius 1 is 0.333 bits per heavy atom. The lowest BCUT2D eigenvalue weighted by Gasteiger charge is -2.24. The Kier molecular flexibility index (Phi) is 70.6. The lowest BCUT2D eigenvalue weighted by Crippen LogP contribution is -2.37. The molecule has 0 aromatic carbocycles. The van der Waals surface area contributed by atoms with Gasteiger partial charge < -0.3 is 18.9 Å². The quantitative estimate of drug-likeness (QED) is 0.0211. The van der Waals surface area contributed by atoms with Crippen molar-refractivity contribution in [2.75, 3.05) is 47.5 Å². The molecule has 10 heteroatoms. The molecule has 0 heterocycles. The smallest absolute Gasteiger partial charge is 0.462 e. The normalized spacial score (nSPS) is 13.1. The number of quaternary nitrogens is 1. The van der Waals surface area contributed by atoms with E-state index in [0.717, 1.165) is 38.5 Å². The standard InChI is InChI=1S/C80H156NO8P/c1-6-8-10-12-14-16-18-20-22-24-26-28-30-32-34-36-38-39-40-41-43-45-47-49-51-53-55-57-59-61-63-65-67-69-71-73-80(83)89-78(77-88-90(84,85)87-75-74-81(3,4)5)76-86-79(82)72-70-68-66-64-62-60-58-56-54-52-50-48-46-44-42-37-35-33-31-29-27-25-23-21-19-17-15-13-11-9-7-2/h24-27,78H,6-23,28-77H2,1-5H3/p+1/b26-24-,27-25-. The number of hydrogen-bond acceptors (Lipinski definition) is 7. The van der Waals surface area contributed by atoms with Gasteiger partial charge in [-0.3, -0.25) is 18.6 Å². The van der Waals surface area contributed by atoms with Crippen molar-refractivity contribution >= 4 is 19.8 Å². The van der Waals surface area contributed by atoms with E-state index in [1.807, 2.05) is 21.1 Å². The van der Waals surface area contributed by atoms with E-state index in [2.05, 4.69) is 38.2 Å². The van der Waals surface area contributed by atoms with E-state index in [1.165, 1.54) is 360 Å². The maximum atomic E-state index is 12.9. The second-order valence-corrected chi connectivity index (χ2v) is 30.3. The number of ether oxygens (including phenoxy) is 2. The molecule has 0 aliphatic carbocycles. The number of carbonyl (C=O) groups excluding carboxylic acids is 2. The first-order valence-corrected chi connectivity index (χ1v) is 41.6. The molecule has 0 aromatic rings. The summed E-state index contributed by atoms with van der Waals surface area (Å²) in [5, 5.41) is 0. The van der Waals surface area contributed by atoms with Crippen molar-refractivity contribution in [3.05, 3.63) is 24.3 Å². The number of rotatable bonds is 76. The van der Waals surface area contributed by atoms with Gasteiger partial charge in [-0.15, -0.1) is 0 Å². The van der Waals surface area contributed by atoms with Crippen LogP contribution in [-0.2, 0) is 32.7 Å². The number of nitrogens with zero attached hydrogens (tertiary/aromatic N) is 1. The van der Waals surface area contributed by atoms with Crippen molar-refractivity contribution < 1.29 is 42.1 Å². The van der Waals surface area contributed by atoms with E-state index < -0.39 is 26.5 Å². The largest absolute Gasteiger partial charge is 0.472 e. The molecule has 0 aliphatic heterocycles. The summed E-state index contributed by atoms with van der Waals surface area (Å²) in [5.74, 6) is -0.769. The minimum Gasteiger partial charge on any atom is -0.462 e. The van der Waals surface area contributed by atoms with Gasteiger partial charge in [0.2, 0.25) is 0 Å². The van der Waals surface area contributed by atoms with Crippen LogP contribution < -0.4 is 0 Å². The lowest BCUT2D eigenvalue weighted by atomic mass is 10.0. The van der Waals surface area contributed by atoms with Crippen molar-refractivity contribution in [1.82, 2.24) is 0 Å². The van der Waals surface area contributed by atoms with Crippen LogP contribution in [0.4, 0.5) is 0 Å². The molecule has 9 nitrogen and oxygen atoms in total. The summed E-state index contributed by atoms with van der Waals surface area (Å²) in [6, 6.07) is 0. The highest BCUT2D eigenvalue weighted by Gasteiger charge is 2.27. The number of phosphoric acid groups is 1. The molecule has 0 fully saturated rings. The Labute approximate surface area is 561 Å².